The third-order valence-electron chi connectivity index (χ3n) is 4.00. The fraction of sp³-hybridized carbons (Fsp3) is 0.350. The number of carboxylic acid groups (broad SMARTS) is 1. The zero-order valence-electron chi connectivity index (χ0n) is 14.0. The smallest absolute Gasteiger partial charge is 0.311 e. The number of rotatable bonds is 7. The number of hydrogen-bond donors (Lipinski definition) is 1. The van der Waals surface area contributed by atoms with E-state index < -0.39 is 11.9 Å². The third kappa shape index (κ3) is 4.85. The Morgan fingerprint density at radius 3 is 2.09 bits per heavy atom. The molecular weight excluding hydrogens is 288 g/mol. The second-order valence-corrected chi connectivity index (χ2v) is 6.16. The van der Waals surface area contributed by atoms with Crippen molar-refractivity contribution in [3.8, 4) is 5.75 Å². The van der Waals surface area contributed by atoms with Crippen molar-refractivity contribution < 1.29 is 14.6 Å². The molecule has 2 aromatic rings. The topological polar surface area (TPSA) is 46.5 Å². The van der Waals surface area contributed by atoms with Crippen LogP contribution >= 0.6 is 0 Å². The maximum Gasteiger partial charge on any atom is 0.311 e. The molecule has 2 aromatic carbocycles. The van der Waals surface area contributed by atoms with E-state index >= 15 is 0 Å². The van der Waals surface area contributed by atoms with E-state index in [-0.39, 0.29) is 0 Å². The summed E-state index contributed by atoms with van der Waals surface area (Å²) in [6, 6.07) is 15.6. The number of carbonyl (C=O) groups is 1. The van der Waals surface area contributed by atoms with E-state index in [9.17, 15) is 9.90 Å². The molecule has 0 saturated carbocycles. The number of carboxylic acids is 1. The summed E-state index contributed by atoms with van der Waals surface area (Å²) in [6.45, 7) is 6.65. The molecule has 1 unspecified atom stereocenters. The van der Waals surface area contributed by atoms with Gasteiger partial charge in [-0.2, -0.15) is 0 Å². The Balaban J connectivity index is 1.98. The minimum atomic E-state index is -0.810. The quantitative estimate of drug-likeness (QED) is 0.802. The van der Waals surface area contributed by atoms with Gasteiger partial charge in [0, 0.05) is 0 Å². The number of ether oxygens (including phenoxy) is 1. The minimum Gasteiger partial charge on any atom is -0.494 e. The minimum absolute atomic E-state index is 0.381. The number of aliphatic carboxylic acids is 1. The Morgan fingerprint density at radius 2 is 1.57 bits per heavy atom. The molecule has 0 heterocycles. The molecule has 0 spiro atoms. The maximum absolute atomic E-state index is 11.6. The van der Waals surface area contributed by atoms with E-state index in [1.165, 1.54) is 11.1 Å². The Morgan fingerprint density at radius 1 is 1.00 bits per heavy atom. The van der Waals surface area contributed by atoms with Crippen LogP contribution in [0.2, 0.25) is 0 Å². The van der Waals surface area contributed by atoms with Gasteiger partial charge in [0.2, 0.25) is 0 Å². The van der Waals surface area contributed by atoms with Crippen LogP contribution in [0.1, 0.15) is 48.8 Å². The van der Waals surface area contributed by atoms with E-state index in [2.05, 4.69) is 13.8 Å². The molecule has 3 nitrogen and oxygen atoms in total. The van der Waals surface area contributed by atoms with Crippen LogP contribution in [0, 0.1) is 6.92 Å². The summed E-state index contributed by atoms with van der Waals surface area (Å²) < 4.78 is 5.66. The SMILES string of the molecule is Cc1ccc(OCCC(C(=O)O)c2ccc(C(C)C)cc2)cc1. The Bertz CT molecular complexity index is 627. The van der Waals surface area contributed by atoms with Crippen LogP contribution in [0.4, 0.5) is 0 Å². The van der Waals surface area contributed by atoms with Gasteiger partial charge in [0.15, 0.2) is 0 Å². The van der Waals surface area contributed by atoms with Gasteiger partial charge in [-0.3, -0.25) is 4.79 Å². The van der Waals surface area contributed by atoms with Gasteiger partial charge >= 0.3 is 5.97 Å². The van der Waals surface area contributed by atoms with Gasteiger partial charge in [-0.15, -0.1) is 0 Å². The third-order valence-corrected chi connectivity index (χ3v) is 4.00. The molecular formula is C20H24O3. The van der Waals surface area contributed by atoms with Crippen molar-refractivity contribution in [3.63, 3.8) is 0 Å². The molecule has 2 rings (SSSR count). The highest BCUT2D eigenvalue weighted by Crippen LogP contribution is 2.23. The molecule has 0 fully saturated rings. The zero-order valence-corrected chi connectivity index (χ0v) is 14.0. The average Bonchev–Trinajstić information content (AvgIpc) is 2.53. The van der Waals surface area contributed by atoms with Crippen molar-refractivity contribution in [1.29, 1.82) is 0 Å². The zero-order chi connectivity index (χ0) is 16.8. The fourth-order valence-electron chi connectivity index (χ4n) is 2.48. The van der Waals surface area contributed by atoms with Gasteiger partial charge in [0.05, 0.1) is 12.5 Å². The molecule has 0 bridgehead atoms. The molecule has 0 aliphatic heterocycles. The summed E-state index contributed by atoms with van der Waals surface area (Å²) in [4.78, 5) is 11.6. The summed E-state index contributed by atoms with van der Waals surface area (Å²) >= 11 is 0. The Hall–Kier alpha value is -2.29. The summed E-state index contributed by atoms with van der Waals surface area (Å²) in [6.07, 6.45) is 0.449. The Kier molecular flexibility index (Phi) is 5.80. The number of aryl methyl sites for hydroxylation is 1. The molecule has 0 saturated heterocycles. The first-order chi connectivity index (χ1) is 11.0. The number of hydrogen-bond acceptors (Lipinski definition) is 2. The lowest BCUT2D eigenvalue weighted by Crippen LogP contribution is -2.15. The summed E-state index contributed by atoms with van der Waals surface area (Å²) in [5, 5.41) is 9.48. The van der Waals surface area contributed by atoms with Crippen LogP contribution in [-0.2, 0) is 4.79 Å². The lowest BCUT2D eigenvalue weighted by Gasteiger charge is -2.15. The molecule has 1 N–H and O–H groups in total. The molecule has 1 atom stereocenters. The van der Waals surface area contributed by atoms with E-state index in [0.29, 0.717) is 18.9 Å². The average molecular weight is 312 g/mol. The second-order valence-electron chi connectivity index (χ2n) is 6.16. The standard InChI is InChI=1S/C20H24O3/c1-14(2)16-6-8-17(9-7-16)19(20(21)22)12-13-23-18-10-4-15(3)5-11-18/h4-11,14,19H,12-13H2,1-3H3,(H,21,22). The molecule has 0 amide bonds. The largest absolute Gasteiger partial charge is 0.494 e. The molecule has 0 radical (unpaired) electrons. The van der Waals surface area contributed by atoms with Crippen LogP contribution in [0.5, 0.6) is 5.75 Å². The van der Waals surface area contributed by atoms with Gasteiger partial charge in [0.1, 0.15) is 5.75 Å². The second kappa shape index (κ2) is 7.82. The van der Waals surface area contributed by atoms with Crippen LogP contribution < -0.4 is 4.74 Å². The lowest BCUT2D eigenvalue weighted by molar-refractivity contribution is -0.139. The molecule has 0 aliphatic rings. The van der Waals surface area contributed by atoms with Gasteiger partial charge in [-0.1, -0.05) is 55.8 Å². The van der Waals surface area contributed by atoms with Gasteiger partial charge in [-0.05, 0) is 42.5 Å². The molecule has 0 aromatic heterocycles. The predicted molar refractivity (Wildman–Crippen MR) is 92.2 cm³/mol. The number of benzene rings is 2. The normalized spacial score (nSPS) is 12.2. The monoisotopic (exact) mass is 312 g/mol. The summed E-state index contributed by atoms with van der Waals surface area (Å²) in [5.41, 5.74) is 3.22. The lowest BCUT2D eigenvalue weighted by atomic mass is 9.93. The fourth-order valence-corrected chi connectivity index (χ4v) is 2.48. The highest BCUT2D eigenvalue weighted by molar-refractivity contribution is 5.76. The van der Waals surface area contributed by atoms with Crippen LogP contribution in [-0.4, -0.2) is 17.7 Å². The van der Waals surface area contributed by atoms with Crippen molar-refractivity contribution in [2.75, 3.05) is 6.61 Å². The molecule has 3 heteroatoms. The first kappa shape index (κ1) is 17.1. The Labute approximate surface area is 137 Å². The predicted octanol–water partition coefficient (Wildman–Crippen LogP) is 4.76. The first-order valence-electron chi connectivity index (χ1n) is 7.99. The van der Waals surface area contributed by atoms with Crippen molar-refractivity contribution >= 4 is 5.97 Å². The van der Waals surface area contributed by atoms with Crippen molar-refractivity contribution in [1.82, 2.24) is 0 Å². The van der Waals surface area contributed by atoms with E-state index in [1.807, 2.05) is 55.5 Å². The molecule has 122 valence electrons. The van der Waals surface area contributed by atoms with E-state index in [0.717, 1.165) is 11.3 Å². The summed E-state index contributed by atoms with van der Waals surface area (Å²) in [7, 11) is 0. The van der Waals surface area contributed by atoms with Crippen LogP contribution in [0.3, 0.4) is 0 Å². The van der Waals surface area contributed by atoms with Crippen molar-refractivity contribution in [2.45, 2.75) is 39.0 Å². The van der Waals surface area contributed by atoms with Gasteiger partial charge < -0.3 is 9.84 Å². The molecule has 23 heavy (non-hydrogen) atoms. The molecule has 0 aliphatic carbocycles. The van der Waals surface area contributed by atoms with Gasteiger partial charge in [0.25, 0.3) is 0 Å². The first-order valence-corrected chi connectivity index (χ1v) is 7.99. The van der Waals surface area contributed by atoms with E-state index in [1.54, 1.807) is 0 Å². The van der Waals surface area contributed by atoms with Crippen molar-refractivity contribution in [3.05, 3.63) is 65.2 Å². The highest BCUT2D eigenvalue weighted by atomic mass is 16.5. The van der Waals surface area contributed by atoms with Gasteiger partial charge in [-0.25, -0.2) is 0 Å². The van der Waals surface area contributed by atoms with E-state index in [4.69, 9.17) is 4.74 Å². The van der Waals surface area contributed by atoms with Crippen molar-refractivity contribution in [2.24, 2.45) is 0 Å². The summed E-state index contributed by atoms with van der Waals surface area (Å²) in [5.74, 6) is -0.136. The highest BCUT2D eigenvalue weighted by Gasteiger charge is 2.20. The van der Waals surface area contributed by atoms with Crippen LogP contribution in [0.15, 0.2) is 48.5 Å². The maximum atomic E-state index is 11.6. The van der Waals surface area contributed by atoms with Crippen LogP contribution in [0.25, 0.3) is 0 Å².